The predicted octanol–water partition coefficient (Wildman–Crippen LogP) is 2.91. The molecule has 0 aliphatic heterocycles. The van der Waals surface area contributed by atoms with Crippen molar-refractivity contribution in [2.75, 3.05) is 12.4 Å². The van der Waals surface area contributed by atoms with E-state index in [4.69, 9.17) is 4.74 Å². The van der Waals surface area contributed by atoms with Gasteiger partial charge in [-0.15, -0.1) is 11.3 Å². The molecule has 0 bridgehead atoms. The van der Waals surface area contributed by atoms with Crippen LogP contribution in [-0.2, 0) is 4.74 Å². The average molecular weight is 334 g/mol. The van der Waals surface area contributed by atoms with E-state index in [1.807, 2.05) is 0 Å². The largest absolute Gasteiger partial charge is 0.444 e. The molecule has 0 spiro atoms. The highest BCUT2D eigenvalue weighted by atomic mass is 32.1. The number of amides is 2. The van der Waals surface area contributed by atoms with Crippen LogP contribution in [0.4, 0.5) is 10.6 Å². The number of nitrogens with one attached hydrogen (secondary N) is 2. The molecular formula is C15H18N4O3S. The van der Waals surface area contributed by atoms with E-state index in [9.17, 15) is 9.59 Å². The molecule has 0 aromatic carbocycles. The average Bonchev–Trinajstić information content (AvgIpc) is 2.93. The van der Waals surface area contributed by atoms with E-state index in [0.29, 0.717) is 16.5 Å². The van der Waals surface area contributed by atoms with Gasteiger partial charge >= 0.3 is 6.09 Å². The van der Waals surface area contributed by atoms with Gasteiger partial charge in [-0.1, -0.05) is 0 Å². The first-order chi connectivity index (χ1) is 10.8. The van der Waals surface area contributed by atoms with E-state index in [-0.39, 0.29) is 5.91 Å². The second-order valence-corrected chi connectivity index (χ2v) is 6.53. The van der Waals surface area contributed by atoms with Gasteiger partial charge in [0, 0.05) is 24.2 Å². The van der Waals surface area contributed by atoms with E-state index in [1.54, 1.807) is 51.5 Å². The quantitative estimate of drug-likeness (QED) is 0.900. The van der Waals surface area contributed by atoms with E-state index >= 15 is 0 Å². The Morgan fingerprint density at radius 1 is 1.26 bits per heavy atom. The fourth-order valence-corrected chi connectivity index (χ4v) is 2.40. The third-order valence-electron chi connectivity index (χ3n) is 2.60. The van der Waals surface area contributed by atoms with Crippen molar-refractivity contribution in [1.29, 1.82) is 0 Å². The second-order valence-electron chi connectivity index (χ2n) is 5.68. The fourth-order valence-electron chi connectivity index (χ4n) is 1.65. The Hall–Kier alpha value is -2.48. The zero-order valence-corrected chi connectivity index (χ0v) is 14.2. The molecule has 8 heteroatoms. The first-order valence-electron chi connectivity index (χ1n) is 6.92. The standard InChI is InChI=1S/C15H18N4O3S/c1-15(2,3)22-14(21)19-11-8-23-13(18-11)9-5-6-10(17-7-9)12(20)16-4/h5-8H,1-4H3,(H,16,20)(H,19,21). The summed E-state index contributed by atoms with van der Waals surface area (Å²) in [6.07, 6.45) is 1.02. The number of ether oxygens (including phenoxy) is 1. The number of hydrogen-bond donors (Lipinski definition) is 2. The van der Waals surface area contributed by atoms with E-state index in [1.165, 1.54) is 11.3 Å². The normalized spacial score (nSPS) is 11.0. The number of hydrogen-bond acceptors (Lipinski definition) is 6. The van der Waals surface area contributed by atoms with Crippen LogP contribution in [0.25, 0.3) is 10.6 Å². The SMILES string of the molecule is CNC(=O)c1ccc(-c2nc(NC(=O)OC(C)(C)C)cs2)cn1. The topological polar surface area (TPSA) is 93.2 Å². The Balaban J connectivity index is 2.07. The molecule has 0 aliphatic carbocycles. The van der Waals surface area contributed by atoms with Crippen LogP contribution < -0.4 is 10.6 Å². The highest BCUT2D eigenvalue weighted by Gasteiger charge is 2.17. The Morgan fingerprint density at radius 2 is 2.00 bits per heavy atom. The second kappa shape index (κ2) is 6.74. The van der Waals surface area contributed by atoms with Crippen LogP contribution in [0.5, 0.6) is 0 Å². The molecule has 7 nitrogen and oxygen atoms in total. The first-order valence-corrected chi connectivity index (χ1v) is 7.80. The molecule has 0 saturated carbocycles. The van der Waals surface area contributed by atoms with E-state index < -0.39 is 11.7 Å². The van der Waals surface area contributed by atoms with Crippen LogP contribution >= 0.6 is 11.3 Å². The number of pyridine rings is 1. The zero-order chi connectivity index (χ0) is 17.0. The maximum atomic E-state index is 11.7. The number of anilines is 1. The third kappa shape index (κ3) is 4.75. The molecule has 0 unspecified atom stereocenters. The molecule has 23 heavy (non-hydrogen) atoms. The van der Waals surface area contributed by atoms with Crippen molar-refractivity contribution in [3.05, 3.63) is 29.4 Å². The number of aromatic nitrogens is 2. The summed E-state index contributed by atoms with van der Waals surface area (Å²) >= 11 is 1.36. The Bertz CT molecular complexity index is 704. The summed E-state index contributed by atoms with van der Waals surface area (Å²) in [5, 5.41) is 7.49. The van der Waals surface area contributed by atoms with Gasteiger partial charge in [0.25, 0.3) is 5.91 Å². The monoisotopic (exact) mass is 334 g/mol. The van der Waals surface area contributed by atoms with Gasteiger partial charge in [-0.25, -0.2) is 9.78 Å². The summed E-state index contributed by atoms with van der Waals surface area (Å²) in [5.74, 6) is 0.164. The minimum absolute atomic E-state index is 0.247. The van der Waals surface area contributed by atoms with Crippen molar-refractivity contribution in [3.8, 4) is 10.6 Å². The summed E-state index contributed by atoms with van der Waals surface area (Å²) in [5.41, 5.74) is 0.530. The molecule has 0 atom stereocenters. The summed E-state index contributed by atoms with van der Waals surface area (Å²) in [6, 6.07) is 3.38. The molecule has 0 radical (unpaired) electrons. The lowest BCUT2D eigenvalue weighted by molar-refractivity contribution is 0.0635. The highest BCUT2D eigenvalue weighted by molar-refractivity contribution is 7.13. The van der Waals surface area contributed by atoms with Crippen molar-refractivity contribution in [3.63, 3.8) is 0 Å². The summed E-state index contributed by atoms with van der Waals surface area (Å²) in [6.45, 7) is 5.37. The van der Waals surface area contributed by atoms with Gasteiger partial charge in [-0.05, 0) is 32.9 Å². The van der Waals surface area contributed by atoms with Gasteiger partial charge in [0.05, 0.1) is 0 Å². The van der Waals surface area contributed by atoms with Crippen molar-refractivity contribution < 1.29 is 14.3 Å². The summed E-state index contributed by atoms with van der Waals surface area (Å²) in [4.78, 5) is 31.6. The summed E-state index contributed by atoms with van der Waals surface area (Å²) in [7, 11) is 1.55. The van der Waals surface area contributed by atoms with Gasteiger partial charge in [0.2, 0.25) is 0 Å². The van der Waals surface area contributed by atoms with Crippen LogP contribution in [-0.4, -0.2) is 34.6 Å². The molecule has 2 heterocycles. The molecule has 2 aromatic heterocycles. The minimum Gasteiger partial charge on any atom is -0.444 e. The Labute approximate surface area is 138 Å². The fraction of sp³-hybridized carbons (Fsp3) is 0.333. The zero-order valence-electron chi connectivity index (χ0n) is 13.3. The highest BCUT2D eigenvalue weighted by Crippen LogP contribution is 2.25. The van der Waals surface area contributed by atoms with Gasteiger partial charge in [0.1, 0.15) is 22.1 Å². The predicted molar refractivity (Wildman–Crippen MR) is 88.6 cm³/mol. The maximum Gasteiger partial charge on any atom is 0.413 e. The lowest BCUT2D eigenvalue weighted by atomic mass is 10.2. The van der Waals surface area contributed by atoms with Gasteiger partial charge in [-0.3, -0.25) is 15.1 Å². The van der Waals surface area contributed by atoms with Crippen LogP contribution in [0.1, 0.15) is 31.3 Å². The molecule has 2 aromatic rings. The van der Waals surface area contributed by atoms with Crippen LogP contribution in [0, 0.1) is 0 Å². The summed E-state index contributed by atoms with van der Waals surface area (Å²) < 4.78 is 5.17. The minimum atomic E-state index is -0.567. The number of thiazole rings is 1. The van der Waals surface area contributed by atoms with Crippen molar-refractivity contribution >= 4 is 29.2 Å². The van der Waals surface area contributed by atoms with Gasteiger partial charge < -0.3 is 10.1 Å². The third-order valence-corrected chi connectivity index (χ3v) is 3.49. The van der Waals surface area contributed by atoms with E-state index in [0.717, 1.165) is 5.56 Å². The van der Waals surface area contributed by atoms with Gasteiger partial charge in [0.15, 0.2) is 0 Å². The maximum absolute atomic E-state index is 11.7. The molecule has 122 valence electrons. The Morgan fingerprint density at radius 3 is 2.57 bits per heavy atom. The number of carbonyl (C=O) groups excluding carboxylic acids is 2. The smallest absolute Gasteiger partial charge is 0.413 e. The van der Waals surface area contributed by atoms with Crippen molar-refractivity contribution in [1.82, 2.24) is 15.3 Å². The molecule has 0 fully saturated rings. The molecule has 2 amide bonds. The number of carbonyl (C=O) groups is 2. The van der Waals surface area contributed by atoms with Crippen LogP contribution in [0.3, 0.4) is 0 Å². The molecular weight excluding hydrogens is 316 g/mol. The van der Waals surface area contributed by atoms with Crippen LogP contribution in [0.2, 0.25) is 0 Å². The van der Waals surface area contributed by atoms with Crippen molar-refractivity contribution in [2.24, 2.45) is 0 Å². The molecule has 2 rings (SSSR count). The van der Waals surface area contributed by atoms with Gasteiger partial charge in [-0.2, -0.15) is 0 Å². The van der Waals surface area contributed by atoms with Crippen molar-refractivity contribution in [2.45, 2.75) is 26.4 Å². The Kier molecular flexibility index (Phi) is 4.95. The molecule has 2 N–H and O–H groups in total. The number of rotatable bonds is 3. The lowest BCUT2D eigenvalue weighted by Gasteiger charge is -2.19. The number of nitrogens with zero attached hydrogens (tertiary/aromatic N) is 2. The first kappa shape index (κ1) is 16.9. The lowest BCUT2D eigenvalue weighted by Crippen LogP contribution is -2.27. The van der Waals surface area contributed by atoms with E-state index in [2.05, 4.69) is 20.6 Å². The van der Waals surface area contributed by atoms with Crippen LogP contribution in [0.15, 0.2) is 23.7 Å². The molecule has 0 saturated heterocycles. The molecule has 0 aliphatic rings.